The van der Waals surface area contributed by atoms with Gasteiger partial charge in [-0.15, -0.1) is 0 Å². The summed E-state index contributed by atoms with van der Waals surface area (Å²) in [4.78, 5) is 22.1. The van der Waals surface area contributed by atoms with Gasteiger partial charge in [-0.1, -0.05) is 28.1 Å². The van der Waals surface area contributed by atoms with Crippen LogP contribution in [0.5, 0.6) is 11.5 Å². The largest absolute Gasteiger partial charge is 0.480 e. The SMILES string of the molecule is Cc1cc(Br)cc(Br)c1OCC(=O)Oc1ccccc1[N+](=O)[O-]. The Morgan fingerprint density at radius 2 is 1.96 bits per heavy atom. The predicted molar refractivity (Wildman–Crippen MR) is 90.8 cm³/mol. The van der Waals surface area contributed by atoms with E-state index in [2.05, 4.69) is 31.9 Å². The van der Waals surface area contributed by atoms with Gasteiger partial charge in [0.15, 0.2) is 6.61 Å². The molecule has 0 saturated carbocycles. The van der Waals surface area contributed by atoms with Gasteiger partial charge in [-0.2, -0.15) is 0 Å². The average Bonchev–Trinajstić information content (AvgIpc) is 2.46. The van der Waals surface area contributed by atoms with E-state index < -0.39 is 10.9 Å². The van der Waals surface area contributed by atoms with Crippen molar-refractivity contribution in [2.24, 2.45) is 0 Å². The van der Waals surface area contributed by atoms with Crippen LogP contribution in [0, 0.1) is 17.0 Å². The van der Waals surface area contributed by atoms with Crippen molar-refractivity contribution in [3.05, 3.63) is 61.0 Å². The summed E-state index contributed by atoms with van der Waals surface area (Å²) in [6, 6.07) is 9.29. The van der Waals surface area contributed by atoms with Crippen LogP contribution in [-0.2, 0) is 4.79 Å². The molecule has 2 aromatic carbocycles. The van der Waals surface area contributed by atoms with Gasteiger partial charge in [-0.25, -0.2) is 4.79 Å². The quantitative estimate of drug-likeness (QED) is 0.295. The molecule has 0 aromatic heterocycles. The van der Waals surface area contributed by atoms with Crippen molar-refractivity contribution in [1.82, 2.24) is 0 Å². The molecule has 0 N–H and O–H groups in total. The fourth-order valence-corrected chi connectivity index (χ4v) is 3.40. The Labute approximate surface area is 148 Å². The van der Waals surface area contributed by atoms with Gasteiger partial charge in [0.25, 0.3) is 0 Å². The van der Waals surface area contributed by atoms with Crippen LogP contribution < -0.4 is 9.47 Å². The Balaban J connectivity index is 2.06. The number of hydrogen-bond acceptors (Lipinski definition) is 5. The van der Waals surface area contributed by atoms with Gasteiger partial charge in [-0.3, -0.25) is 10.1 Å². The second-order valence-corrected chi connectivity index (χ2v) is 6.29. The molecule has 0 aliphatic heterocycles. The lowest BCUT2D eigenvalue weighted by Gasteiger charge is -2.11. The van der Waals surface area contributed by atoms with Crippen molar-refractivity contribution >= 4 is 43.5 Å². The molecule has 0 amide bonds. The third-order valence-corrected chi connectivity index (χ3v) is 3.86. The van der Waals surface area contributed by atoms with Crippen molar-refractivity contribution in [2.45, 2.75) is 6.92 Å². The van der Waals surface area contributed by atoms with Crippen LogP contribution in [0.2, 0.25) is 0 Å². The fraction of sp³-hybridized carbons (Fsp3) is 0.133. The molecule has 120 valence electrons. The lowest BCUT2D eigenvalue weighted by Crippen LogP contribution is -2.18. The van der Waals surface area contributed by atoms with Gasteiger partial charge in [-0.05, 0) is 46.6 Å². The number of hydrogen-bond donors (Lipinski definition) is 0. The van der Waals surface area contributed by atoms with Gasteiger partial charge in [0.2, 0.25) is 5.75 Å². The number of rotatable bonds is 5. The van der Waals surface area contributed by atoms with Gasteiger partial charge in [0.05, 0.1) is 9.40 Å². The first kappa shape index (κ1) is 17.4. The number of nitrogens with zero attached hydrogens (tertiary/aromatic N) is 1. The molecule has 2 rings (SSSR count). The second-order valence-electron chi connectivity index (χ2n) is 4.52. The Kier molecular flexibility index (Phi) is 5.73. The third kappa shape index (κ3) is 4.52. The summed E-state index contributed by atoms with van der Waals surface area (Å²) >= 11 is 6.70. The molecule has 0 fully saturated rings. The molecule has 0 radical (unpaired) electrons. The van der Waals surface area contributed by atoms with Gasteiger partial charge in [0.1, 0.15) is 5.75 Å². The molecular weight excluding hydrogens is 434 g/mol. The highest BCUT2D eigenvalue weighted by atomic mass is 79.9. The van der Waals surface area contributed by atoms with Gasteiger partial charge < -0.3 is 9.47 Å². The highest BCUT2D eigenvalue weighted by molar-refractivity contribution is 9.11. The van der Waals surface area contributed by atoms with Crippen LogP contribution >= 0.6 is 31.9 Å². The van der Waals surface area contributed by atoms with E-state index in [1.54, 1.807) is 12.1 Å². The Bertz CT molecular complexity index is 740. The second kappa shape index (κ2) is 7.56. The van der Waals surface area contributed by atoms with Crippen molar-refractivity contribution in [2.75, 3.05) is 6.61 Å². The topological polar surface area (TPSA) is 78.7 Å². The number of carbonyl (C=O) groups excluding carboxylic acids is 1. The van der Waals surface area contributed by atoms with E-state index >= 15 is 0 Å². The number of nitro groups is 1. The molecule has 8 heteroatoms. The number of carbonyl (C=O) groups is 1. The van der Waals surface area contributed by atoms with E-state index in [0.29, 0.717) is 10.2 Å². The first-order valence-corrected chi connectivity index (χ1v) is 7.99. The first-order chi connectivity index (χ1) is 10.9. The first-order valence-electron chi connectivity index (χ1n) is 6.41. The van der Waals surface area contributed by atoms with E-state index in [1.165, 1.54) is 18.2 Å². The van der Waals surface area contributed by atoms with Crippen molar-refractivity contribution < 1.29 is 19.2 Å². The smallest absolute Gasteiger partial charge is 0.349 e. The van der Waals surface area contributed by atoms with E-state index in [4.69, 9.17) is 9.47 Å². The molecule has 0 aliphatic rings. The Morgan fingerprint density at radius 3 is 2.61 bits per heavy atom. The number of para-hydroxylation sites is 2. The van der Waals surface area contributed by atoms with Crippen molar-refractivity contribution in [3.8, 4) is 11.5 Å². The van der Waals surface area contributed by atoms with E-state index in [1.807, 2.05) is 13.0 Å². The molecule has 6 nitrogen and oxygen atoms in total. The minimum Gasteiger partial charge on any atom is -0.480 e. The molecule has 0 bridgehead atoms. The number of halogens is 2. The van der Waals surface area contributed by atoms with E-state index in [-0.39, 0.29) is 18.0 Å². The molecular formula is C15H11Br2NO5. The molecule has 0 aliphatic carbocycles. The molecule has 0 saturated heterocycles. The number of esters is 1. The van der Waals surface area contributed by atoms with Gasteiger partial charge >= 0.3 is 11.7 Å². The van der Waals surface area contributed by atoms with Crippen LogP contribution in [0.25, 0.3) is 0 Å². The van der Waals surface area contributed by atoms with Crippen molar-refractivity contribution in [3.63, 3.8) is 0 Å². The molecule has 23 heavy (non-hydrogen) atoms. The van der Waals surface area contributed by atoms with Crippen LogP contribution in [0.4, 0.5) is 5.69 Å². The lowest BCUT2D eigenvalue weighted by molar-refractivity contribution is -0.385. The van der Waals surface area contributed by atoms with E-state index in [9.17, 15) is 14.9 Å². The summed E-state index contributed by atoms with van der Waals surface area (Å²) in [6.07, 6.45) is 0. The van der Waals surface area contributed by atoms with Crippen molar-refractivity contribution in [1.29, 1.82) is 0 Å². The Morgan fingerprint density at radius 1 is 1.26 bits per heavy atom. The summed E-state index contributed by atoms with van der Waals surface area (Å²) in [5.41, 5.74) is 0.548. The average molecular weight is 445 g/mol. The fourth-order valence-electron chi connectivity index (χ4n) is 1.85. The highest BCUT2D eigenvalue weighted by Crippen LogP contribution is 2.32. The zero-order valence-corrected chi connectivity index (χ0v) is 15.1. The van der Waals surface area contributed by atoms with Crippen LogP contribution in [0.1, 0.15) is 5.56 Å². The van der Waals surface area contributed by atoms with Gasteiger partial charge in [0, 0.05) is 10.5 Å². The predicted octanol–water partition coefficient (Wildman–Crippen LogP) is 4.41. The monoisotopic (exact) mass is 443 g/mol. The number of aryl methyl sites for hydroxylation is 1. The summed E-state index contributed by atoms with van der Waals surface area (Å²) in [6.45, 7) is 1.46. The zero-order valence-electron chi connectivity index (χ0n) is 11.9. The maximum absolute atomic E-state index is 11.9. The maximum atomic E-state index is 11.9. The molecule has 2 aromatic rings. The van der Waals surface area contributed by atoms with Crippen LogP contribution in [0.3, 0.4) is 0 Å². The maximum Gasteiger partial charge on any atom is 0.349 e. The van der Waals surface area contributed by atoms with E-state index in [0.717, 1.165) is 10.0 Å². The number of benzene rings is 2. The summed E-state index contributed by atoms with van der Waals surface area (Å²) in [5.74, 6) is -0.334. The summed E-state index contributed by atoms with van der Waals surface area (Å²) in [5, 5.41) is 10.9. The lowest BCUT2D eigenvalue weighted by atomic mass is 10.2. The third-order valence-electron chi connectivity index (χ3n) is 2.81. The standard InChI is InChI=1S/C15H11Br2NO5/c1-9-6-10(16)7-11(17)15(9)22-8-14(19)23-13-5-3-2-4-12(13)18(20)21/h2-7H,8H2,1H3. The molecule has 0 spiro atoms. The highest BCUT2D eigenvalue weighted by Gasteiger charge is 2.18. The number of nitro benzene ring substituents is 1. The minimum absolute atomic E-state index is 0.113. The molecule has 0 unspecified atom stereocenters. The summed E-state index contributed by atoms with van der Waals surface area (Å²) in [7, 11) is 0. The molecule has 0 heterocycles. The normalized spacial score (nSPS) is 10.2. The Hall–Kier alpha value is -1.93. The zero-order chi connectivity index (χ0) is 17.0. The van der Waals surface area contributed by atoms with Crippen LogP contribution in [-0.4, -0.2) is 17.5 Å². The number of ether oxygens (including phenoxy) is 2. The molecule has 0 atom stereocenters. The minimum atomic E-state index is -0.728. The van der Waals surface area contributed by atoms with Crippen LogP contribution in [0.15, 0.2) is 45.3 Å². The summed E-state index contributed by atoms with van der Waals surface area (Å²) < 4.78 is 12.0.